The molecule has 0 spiro atoms. The molecule has 1 atom stereocenters. The number of piperidine rings is 1. The number of halogens is 1. The van der Waals surface area contributed by atoms with Crippen LogP contribution >= 0.6 is 0 Å². The molecule has 1 aromatic carbocycles. The third kappa shape index (κ3) is 4.69. The lowest BCUT2D eigenvalue weighted by Crippen LogP contribution is -2.49. The Bertz CT molecular complexity index is 744. The van der Waals surface area contributed by atoms with Crippen molar-refractivity contribution in [2.45, 2.75) is 51.5 Å². The van der Waals surface area contributed by atoms with Crippen molar-refractivity contribution < 1.29 is 23.5 Å². The fourth-order valence-corrected chi connectivity index (χ4v) is 4.13. The van der Waals surface area contributed by atoms with E-state index in [0.29, 0.717) is 51.6 Å². The van der Waals surface area contributed by atoms with Gasteiger partial charge >= 0.3 is 5.97 Å². The first kappa shape index (κ1) is 20.3. The van der Waals surface area contributed by atoms with E-state index in [2.05, 4.69) is 5.32 Å². The number of carbonyl (C=O) groups is 3. The molecule has 2 fully saturated rings. The Morgan fingerprint density at radius 2 is 2.07 bits per heavy atom. The van der Waals surface area contributed by atoms with Crippen molar-refractivity contribution >= 4 is 17.8 Å². The molecule has 1 aromatic rings. The lowest BCUT2D eigenvalue weighted by molar-refractivity contribution is -0.160. The van der Waals surface area contributed by atoms with Crippen molar-refractivity contribution in [1.29, 1.82) is 0 Å². The number of nitrogens with one attached hydrogen (secondary N) is 1. The summed E-state index contributed by atoms with van der Waals surface area (Å²) in [4.78, 5) is 38.4. The zero-order chi connectivity index (χ0) is 20.1. The topological polar surface area (TPSA) is 75.7 Å². The fourth-order valence-electron chi connectivity index (χ4n) is 4.13. The standard InChI is InChI=1S/C21H27FN2O4/c1-2-28-20(27)21(14-15-4-3-5-16(22)12-15)8-10-24(11-9-21)19(26)13-17-6-7-18(25)23-17/h3-5,12,17H,2,6-11,13-14H2,1H3,(H,23,25)/t17-/m0/s1. The molecule has 3 rings (SSSR count). The van der Waals surface area contributed by atoms with E-state index < -0.39 is 5.41 Å². The van der Waals surface area contributed by atoms with Gasteiger partial charge in [-0.15, -0.1) is 0 Å². The maximum atomic E-state index is 13.6. The summed E-state index contributed by atoms with van der Waals surface area (Å²) in [7, 11) is 0. The number of esters is 1. The second kappa shape index (κ2) is 8.71. The van der Waals surface area contributed by atoms with Crippen LogP contribution in [-0.2, 0) is 25.5 Å². The zero-order valence-corrected chi connectivity index (χ0v) is 16.2. The van der Waals surface area contributed by atoms with Gasteiger partial charge in [0.15, 0.2) is 0 Å². The van der Waals surface area contributed by atoms with Crippen molar-refractivity contribution in [3.05, 3.63) is 35.6 Å². The van der Waals surface area contributed by atoms with Crippen LogP contribution in [0.5, 0.6) is 0 Å². The van der Waals surface area contributed by atoms with Gasteiger partial charge < -0.3 is 15.0 Å². The van der Waals surface area contributed by atoms with Crippen LogP contribution in [0.15, 0.2) is 24.3 Å². The summed E-state index contributed by atoms with van der Waals surface area (Å²) in [5.41, 5.74) is 0.00353. The second-order valence-electron chi connectivity index (χ2n) is 7.70. The quantitative estimate of drug-likeness (QED) is 0.756. The zero-order valence-electron chi connectivity index (χ0n) is 16.2. The van der Waals surface area contributed by atoms with Gasteiger partial charge in [0.1, 0.15) is 5.82 Å². The third-order valence-electron chi connectivity index (χ3n) is 5.72. The van der Waals surface area contributed by atoms with Crippen molar-refractivity contribution in [1.82, 2.24) is 10.2 Å². The molecular weight excluding hydrogens is 363 g/mol. The van der Waals surface area contributed by atoms with E-state index in [9.17, 15) is 18.8 Å². The summed E-state index contributed by atoms with van der Waals surface area (Å²) < 4.78 is 18.9. The minimum Gasteiger partial charge on any atom is -0.466 e. The number of hydrogen-bond acceptors (Lipinski definition) is 4. The highest BCUT2D eigenvalue weighted by molar-refractivity contribution is 5.82. The SMILES string of the molecule is CCOC(=O)C1(Cc2cccc(F)c2)CCN(C(=O)C[C@@H]2CCC(=O)N2)CC1. The van der Waals surface area contributed by atoms with Gasteiger partial charge in [-0.1, -0.05) is 12.1 Å². The first-order chi connectivity index (χ1) is 13.4. The average molecular weight is 390 g/mol. The molecule has 2 aliphatic rings. The Morgan fingerprint density at radius 1 is 1.32 bits per heavy atom. The van der Waals surface area contributed by atoms with Gasteiger partial charge in [-0.05, 0) is 50.3 Å². The molecule has 2 saturated heterocycles. The van der Waals surface area contributed by atoms with E-state index in [-0.39, 0.29) is 36.2 Å². The van der Waals surface area contributed by atoms with Crippen LogP contribution in [0.1, 0.15) is 44.6 Å². The maximum Gasteiger partial charge on any atom is 0.312 e. The minimum absolute atomic E-state index is 0.00425. The van der Waals surface area contributed by atoms with Crippen LogP contribution < -0.4 is 5.32 Å². The predicted molar refractivity (Wildman–Crippen MR) is 101 cm³/mol. The monoisotopic (exact) mass is 390 g/mol. The number of benzene rings is 1. The van der Waals surface area contributed by atoms with Crippen molar-refractivity contribution in [3.8, 4) is 0 Å². The number of carbonyl (C=O) groups excluding carboxylic acids is 3. The van der Waals surface area contributed by atoms with Crippen molar-refractivity contribution in [3.63, 3.8) is 0 Å². The minimum atomic E-state index is -0.748. The fraction of sp³-hybridized carbons (Fsp3) is 0.571. The summed E-state index contributed by atoms with van der Waals surface area (Å²) in [6.45, 7) is 2.96. The Kier molecular flexibility index (Phi) is 6.31. The van der Waals surface area contributed by atoms with Crippen LogP contribution in [0, 0.1) is 11.2 Å². The molecule has 2 aliphatic heterocycles. The molecule has 0 saturated carbocycles. The second-order valence-corrected chi connectivity index (χ2v) is 7.70. The molecule has 2 amide bonds. The highest BCUT2D eigenvalue weighted by Crippen LogP contribution is 2.37. The Hall–Kier alpha value is -2.44. The van der Waals surface area contributed by atoms with Gasteiger partial charge in [-0.2, -0.15) is 0 Å². The normalized spacial score (nSPS) is 21.3. The highest BCUT2D eigenvalue weighted by atomic mass is 19.1. The number of hydrogen-bond donors (Lipinski definition) is 1. The summed E-state index contributed by atoms with van der Waals surface area (Å²) in [6, 6.07) is 6.18. The Balaban J connectivity index is 1.65. The van der Waals surface area contributed by atoms with Gasteiger partial charge in [-0.25, -0.2) is 4.39 Å². The van der Waals surface area contributed by atoms with Crippen LogP contribution in [0.4, 0.5) is 4.39 Å². The lowest BCUT2D eigenvalue weighted by atomic mass is 9.73. The van der Waals surface area contributed by atoms with E-state index >= 15 is 0 Å². The molecule has 6 nitrogen and oxygen atoms in total. The molecular formula is C21H27FN2O4. The van der Waals surface area contributed by atoms with Gasteiger partial charge in [0, 0.05) is 32.0 Å². The molecule has 152 valence electrons. The summed E-state index contributed by atoms with van der Waals surface area (Å²) in [5, 5.41) is 2.82. The van der Waals surface area contributed by atoms with Gasteiger partial charge in [-0.3, -0.25) is 14.4 Å². The number of likely N-dealkylation sites (tertiary alicyclic amines) is 1. The third-order valence-corrected chi connectivity index (χ3v) is 5.72. The van der Waals surface area contributed by atoms with E-state index in [0.717, 1.165) is 5.56 Å². The van der Waals surface area contributed by atoms with E-state index in [4.69, 9.17) is 4.74 Å². The lowest BCUT2D eigenvalue weighted by Gasteiger charge is -2.40. The summed E-state index contributed by atoms with van der Waals surface area (Å²) >= 11 is 0. The summed E-state index contributed by atoms with van der Waals surface area (Å²) in [6.07, 6.45) is 2.80. The van der Waals surface area contributed by atoms with Gasteiger partial charge in [0.25, 0.3) is 0 Å². The average Bonchev–Trinajstić information content (AvgIpc) is 3.07. The smallest absolute Gasteiger partial charge is 0.312 e. The van der Waals surface area contributed by atoms with Gasteiger partial charge in [0.2, 0.25) is 11.8 Å². The molecule has 0 radical (unpaired) electrons. The Morgan fingerprint density at radius 3 is 2.68 bits per heavy atom. The van der Waals surface area contributed by atoms with E-state index in [1.807, 2.05) is 6.07 Å². The predicted octanol–water partition coefficient (Wildman–Crippen LogP) is 2.21. The number of ether oxygens (including phenoxy) is 1. The van der Waals surface area contributed by atoms with Crippen LogP contribution in [0.2, 0.25) is 0 Å². The largest absolute Gasteiger partial charge is 0.466 e. The molecule has 28 heavy (non-hydrogen) atoms. The van der Waals surface area contributed by atoms with Gasteiger partial charge in [0.05, 0.1) is 12.0 Å². The molecule has 0 bridgehead atoms. The molecule has 0 unspecified atom stereocenters. The molecule has 7 heteroatoms. The first-order valence-electron chi connectivity index (χ1n) is 9.91. The van der Waals surface area contributed by atoms with Crippen molar-refractivity contribution in [2.75, 3.05) is 19.7 Å². The van der Waals surface area contributed by atoms with Crippen molar-refractivity contribution in [2.24, 2.45) is 5.41 Å². The molecule has 1 N–H and O–H groups in total. The number of nitrogens with zero attached hydrogens (tertiary/aromatic N) is 1. The maximum absolute atomic E-state index is 13.6. The van der Waals surface area contributed by atoms with Crippen LogP contribution in [0.25, 0.3) is 0 Å². The number of rotatable bonds is 6. The Labute approximate surface area is 164 Å². The molecule has 0 aromatic heterocycles. The number of amides is 2. The van der Waals surface area contributed by atoms with E-state index in [1.54, 1.807) is 17.9 Å². The first-order valence-corrected chi connectivity index (χ1v) is 9.91. The highest BCUT2D eigenvalue weighted by Gasteiger charge is 2.43. The van der Waals surface area contributed by atoms with Crippen LogP contribution in [0.3, 0.4) is 0 Å². The molecule has 0 aliphatic carbocycles. The van der Waals surface area contributed by atoms with Crippen LogP contribution in [-0.4, -0.2) is 48.4 Å². The van der Waals surface area contributed by atoms with E-state index in [1.165, 1.54) is 12.1 Å². The molecule has 2 heterocycles. The summed E-state index contributed by atoms with van der Waals surface area (Å²) in [5.74, 6) is -0.625.